The van der Waals surface area contributed by atoms with Gasteiger partial charge < -0.3 is 0 Å². The van der Waals surface area contributed by atoms with E-state index in [0.29, 0.717) is 16.1 Å². The molecule has 138 valence electrons. The molecule has 1 saturated heterocycles. The van der Waals surface area contributed by atoms with Crippen LogP contribution in [-0.4, -0.2) is 23.6 Å². The van der Waals surface area contributed by atoms with E-state index in [9.17, 15) is 19.2 Å². The summed E-state index contributed by atoms with van der Waals surface area (Å²) in [6.07, 6.45) is -0.0804. The van der Waals surface area contributed by atoms with Crippen molar-refractivity contribution in [1.29, 1.82) is 0 Å². The zero-order valence-corrected chi connectivity index (χ0v) is 16.2. The largest absolute Gasteiger partial charge is 0.328 e. The number of hydrogen-bond donors (Lipinski definition) is 2. The fourth-order valence-corrected chi connectivity index (χ4v) is 3.38. The van der Waals surface area contributed by atoms with E-state index >= 15 is 0 Å². The van der Waals surface area contributed by atoms with E-state index in [-0.39, 0.29) is 12.2 Å². The predicted molar refractivity (Wildman–Crippen MR) is 102 cm³/mol. The van der Waals surface area contributed by atoms with Gasteiger partial charge >= 0.3 is 6.03 Å². The third-order valence-corrected chi connectivity index (χ3v) is 5.09. The first kappa shape index (κ1) is 19.3. The van der Waals surface area contributed by atoms with Gasteiger partial charge in [0, 0.05) is 27.4 Å². The van der Waals surface area contributed by atoms with Gasteiger partial charge in [0.1, 0.15) is 5.92 Å². The zero-order valence-electron chi connectivity index (χ0n) is 13.9. The number of hydrogen-bond acceptors (Lipinski definition) is 4. The standard InChI is InChI=1S/C19H14BrClN2O4/c20-12-5-1-10(2-6-12)14(16-17(25)22-19(27)23-18(16)26)9-15(24)11-3-7-13(21)8-4-11/h1-8,14,16H,9H2,(H2,22,23,25,26,27)/t14-/m0/s1. The lowest BCUT2D eigenvalue weighted by molar-refractivity contribution is -0.136. The van der Waals surface area contributed by atoms with Crippen LogP contribution < -0.4 is 10.6 Å². The number of ketones is 1. The summed E-state index contributed by atoms with van der Waals surface area (Å²) in [7, 11) is 0. The Morgan fingerprint density at radius 3 is 2.07 bits per heavy atom. The van der Waals surface area contributed by atoms with Crippen molar-refractivity contribution >= 4 is 51.2 Å². The molecule has 4 amide bonds. The molecule has 1 fully saturated rings. The van der Waals surface area contributed by atoms with Crippen LogP contribution >= 0.6 is 27.5 Å². The number of Topliss-reactive ketones (excluding diaryl/α,β-unsaturated/α-hetero) is 1. The number of benzene rings is 2. The maximum atomic E-state index is 12.7. The summed E-state index contributed by atoms with van der Waals surface area (Å²) in [6, 6.07) is 12.5. The number of nitrogens with one attached hydrogen (secondary N) is 2. The molecular formula is C19H14BrClN2O4. The van der Waals surface area contributed by atoms with E-state index in [1.807, 2.05) is 0 Å². The Morgan fingerprint density at radius 2 is 1.52 bits per heavy atom. The Hall–Kier alpha value is -2.51. The first-order valence-electron chi connectivity index (χ1n) is 8.05. The second-order valence-corrected chi connectivity index (χ2v) is 7.43. The smallest absolute Gasteiger partial charge is 0.294 e. The van der Waals surface area contributed by atoms with Crippen LogP contribution in [0, 0.1) is 5.92 Å². The highest BCUT2D eigenvalue weighted by Crippen LogP contribution is 2.32. The predicted octanol–water partition coefficient (Wildman–Crippen LogP) is 3.44. The van der Waals surface area contributed by atoms with Gasteiger partial charge in [-0.15, -0.1) is 0 Å². The third kappa shape index (κ3) is 4.43. The topological polar surface area (TPSA) is 92.3 Å². The third-order valence-electron chi connectivity index (χ3n) is 4.31. The summed E-state index contributed by atoms with van der Waals surface area (Å²) >= 11 is 9.19. The van der Waals surface area contributed by atoms with E-state index in [2.05, 4.69) is 26.6 Å². The number of urea groups is 1. The van der Waals surface area contributed by atoms with Crippen LogP contribution in [0.3, 0.4) is 0 Å². The number of imide groups is 2. The number of rotatable bonds is 5. The van der Waals surface area contributed by atoms with Crippen LogP contribution in [0.25, 0.3) is 0 Å². The van der Waals surface area contributed by atoms with Gasteiger partial charge in [-0.3, -0.25) is 25.0 Å². The number of carbonyl (C=O) groups excluding carboxylic acids is 4. The number of halogens is 2. The van der Waals surface area contributed by atoms with Crippen LogP contribution in [0.15, 0.2) is 53.0 Å². The number of barbiturate groups is 1. The molecule has 0 radical (unpaired) electrons. The normalized spacial score (nSPS) is 15.9. The Morgan fingerprint density at radius 1 is 0.963 bits per heavy atom. The maximum absolute atomic E-state index is 12.7. The monoisotopic (exact) mass is 448 g/mol. The lowest BCUT2D eigenvalue weighted by Gasteiger charge is -2.28. The van der Waals surface area contributed by atoms with Crippen molar-refractivity contribution < 1.29 is 19.2 Å². The lowest BCUT2D eigenvalue weighted by Crippen LogP contribution is -2.57. The fraction of sp³-hybridized carbons (Fsp3) is 0.158. The van der Waals surface area contributed by atoms with Gasteiger partial charge in [-0.25, -0.2) is 4.79 Å². The minimum atomic E-state index is -1.19. The van der Waals surface area contributed by atoms with Gasteiger partial charge in [-0.05, 0) is 42.0 Å². The molecule has 1 atom stereocenters. The molecule has 1 aliphatic rings. The average molecular weight is 450 g/mol. The molecule has 0 unspecified atom stereocenters. The molecule has 2 aromatic carbocycles. The summed E-state index contributed by atoms with van der Waals surface area (Å²) < 4.78 is 0.821. The molecule has 0 aromatic heterocycles. The second-order valence-electron chi connectivity index (χ2n) is 6.08. The van der Waals surface area contributed by atoms with E-state index in [1.54, 1.807) is 48.5 Å². The molecule has 0 spiro atoms. The molecule has 0 aliphatic carbocycles. The minimum absolute atomic E-state index is 0.0804. The molecular weight excluding hydrogens is 436 g/mol. The van der Waals surface area contributed by atoms with Gasteiger partial charge in [0.25, 0.3) is 0 Å². The molecule has 2 N–H and O–H groups in total. The SMILES string of the molecule is O=C1NC(=O)C([C@@H](CC(=O)c2ccc(Cl)cc2)c2ccc(Br)cc2)C(=O)N1. The summed E-state index contributed by atoms with van der Waals surface area (Å²) in [5.74, 6) is -3.60. The van der Waals surface area contributed by atoms with Crippen molar-refractivity contribution in [3.63, 3.8) is 0 Å². The Labute approximate surface area is 168 Å². The molecule has 8 heteroatoms. The lowest BCUT2D eigenvalue weighted by atomic mass is 9.79. The molecule has 1 heterocycles. The Bertz CT molecular complexity index is 892. The summed E-state index contributed by atoms with van der Waals surface area (Å²) in [5, 5.41) is 4.69. The highest BCUT2D eigenvalue weighted by atomic mass is 79.9. The average Bonchev–Trinajstić information content (AvgIpc) is 2.61. The molecule has 0 bridgehead atoms. The molecule has 3 rings (SSSR count). The van der Waals surface area contributed by atoms with Crippen molar-refractivity contribution in [2.24, 2.45) is 5.92 Å². The molecule has 1 aliphatic heterocycles. The van der Waals surface area contributed by atoms with Crippen molar-refractivity contribution in [3.8, 4) is 0 Å². The highest BCUT2D eigenvalue weighted by Gasteiger charge is 2.41. The first-order chi connectivity index (χ1) is 12.8. The molecule has 2 aromatic rings. The first-order valence-corrected chi connectivity index (χ1v) is 9.22. The number of amides is 4. The summed E-state index contributed by atoms with van der Waals surface area (Å²) in [4.78, 5) is 48.8. The van der Waals surface area contributed by atoms with Crippen LogP contribution in [0.2, 0.25) is 5.02 Å². The van der Waals surface area contributed by atoms with Crippen LogP contribution in [0.4, 0.5) is 4.79 Å². The highest BCUT2D eigenvalue weighted by molar-refractivity contribution is 9.10. The molecule has 0 saturated carbocycles. The van der Waals surface area contributed by atoms with Crippen molar-refractivity contribution in [3.05, 3.63) is 69.2 Å². The van der Waals surface area contributed by atoms with Crippen LogP contribution in [0.5, 0.6) is 0 Å². The summed E-state index contributed by atoms with van der Waals surface area (Å²) in [5.41, 5.74) is 1.07. The van der Waals surface area contributed by atoms with Gasteiger partial charge in [0.15, 0.2) is 5.78 Å². The van der Waals surface area contributed by atoms with Crippen molar-refractivity contribution in [2.45, 2.75) is 12.3 Å². The van der Waals surface area contributed by atoms with Gasteiger partial charge in [0.2, 0.25) is 11.8 Å². The Kier molecular flexibility index (Phi) is 5.72. The van der Waals surface area contributed by atoms with Gasteiger partial charge in [-0.2, -0.15) is 0 Å². The van der Waals surface area contributed by atoms with E-state index in [4.69, 9.17) is 11.6 Å². The minimum Gasteiger partial charge on any atom is -0.294 e. The molecule has 6 nitrogen and oxygen atoms in total. The second kappa shape index (κ2) is 8.02. The zero-order chi connectivity index (χ0) is 19.6. The van der Waals surface area contributed by atoms with Gasteiger partial charge in [-0.1, -0.05) is 39.7 Å². The van der Waals surface area contributed by atoms with E-state index < -0.39 is 29.7 Å². The molecule has 27 heavy (non-hydrogen) atoms. The maximum Gasteiger partial charge on any atom is 0.328 e. The van der Waals surface area contributed by atoms with Crippen molar-refractivity contribution in [1.82, 2.24) is 10.6 Å². The Balaban J connectivity index is 1.94. The van der Waals surface area contributed by atoms with E-state index in [0.717, 1.165) is 4.47 Å². The van der Waals surface area contributed by atoms with Gasteiger partial charge in [0.05, 0.1) is 0 Å². The van der Waals surface area contributed by atoms with E-state index in [1.165, 1.54) is 0 Å². The fourth-order valence-electron chi connectivity index (χ4n) is 2.99. The number of carbonyl (C=O) groups is 4. The van der Waals surface area contributed by atoms with Crippen molar-refractivity contribution in [2.75, 3.05) is 0 Å². The van der Waals surface area contributed by atoms with Crippen LogP contribution in [-0.2, 0) is 9.59 Å². The summed E-state index contributed by atoms with van der Waals surface area (Å²) in [6.45, 7) is 0. The quantitative estimate of drug-likeness (QED) is 0.540. The van der Waals surface area contributed by atoms with Crippen LogP contribution in [0.1, 0.15) is 28.3 Å².